The molecule has 0 spiro atoms. The van der Waals surface area contributed by atoms with Crippen molar-refractivity contribution in [2.45, 2.75) is 32.4 Å². The molecule has 29 heavy (non-hydrogen) atoms. The third-order valence-corrected chi connectivity index (χ3v) is 4.67. The minimum Gasteiger partial charge on any atom is -0.467 e. The number of amides is 1. The van der Waals surface area contributed by atoms with Crippen molar-refractivity contribution >= 4 is 16.8 Å². The van der Waals surface area contributed by atoms with Crippen LogP contribution >= 0.6 is 0 Å². The van der Waals surface area contributed by atoms with Crippen molar-refractivity contribution in [2.24, 2.45) is 0 Å². The molecule has 0 aliphatic carbocycles. The van der Waals surface area contributed by atoms with E-state index >= 15 is 0 Å². The summed E-state index contributed by atoms with van der Waals surface area (Å²) in [4.78, 5) is 34.0. The normalized spacial score (nSPS) is 11.0. The molecule has 7 nitrogen and oxygen atoms in total. The summed E-state index contributed by atoms with van der Waals surface area (Å²) in [5.74, 6) is 2.00. The van der Waals surface area contributed by atoms with Crippen molar-refractivity contribution in [2.75, 3.05) is 0 Å². The number of furan rings is 2. The first kappa shape index (κ1) is 18.7. The third-order valence-electron chi connectivity index (χ3n) is 4.67. The average molecular weight is 391 g/mol. The van der Waals surface area contributed by atoms with E-state index in [2.05, 4.69) is 9.97 Å². The fourth-order valence-electron chi connectivity index (χ4n) is 3.23. The highest BCUT2D eigenvalue weighted by Gasteiger charge is 2.17. The van der Waals surface area contributed by atoms with Crippen LogP contribution in [0.4, 0.5) is 0 Å². The number of hydrogen-bond acceptors (Lipinski definition) is 5. The van der Waals surface area contributed by atoms with Crippen LogP contribution in [0.1, 0.15) is 30.2 Å². The molecule has 3 heterocycles. The Morgan fingerprint density at radius 1 is 0.966 bits per heavy atom. The number of aromatic amines is 1. The number of benzene rings is 1. The highest BCUT2D eigenvalue weighted by molar-refractivity contribution is 5.77. The molecule has 3 aromatic heterocycles. The number of carbonyl (C=O) groups is 1. The van der Waals surface area contributed by atoms with Gasteiger partial charge in [-0.3, -0.25) is 9.59 Å². The topological polar surface area (TPSA) is 92.3 Å². The fourth-order valence-corrected chi connectivity index (χ4v) is 3.23. The quantitative estimate of drug-likeness (QED) is 0.495. The van der Waals surface area contributed by atoms with E-state index in [4.69, 9.17) is 8.83 Å². The van der Waals surface area contributed by atoms with Gasteiger partial charge in [-0.2, -0.15) is 0 Å². The van der Waals surface area contributed by atoms with Crippen molar-refractivity contribution in [3.63, 3.8) is 0 Å². The molecular formula is C22H21N3O4. The van der Waals surface area contributed by atoms with Crippen LogP contribution in [0.3, 0.4) is 0 Å². The molecule has 1 aromatic carbocycles. The lowest BCUT2D eigenvalue weighted by Gasteiger charge is -2.20. The van der Waals surface area contributed by atoms with E-state index in [-0.39, 0.29) is 11.5 Å². The lowest BCUT2D eigenvalue weighted by Crippen LogP contribution is -2.29. The molecule has 0 atom stereocenters. The van der Waals surface area contributed by atoms with Gasteiger partial charge in [0, 0.05) is 12.8 Å². The Bertz CT molecular complexity index is 1090. The molecule has 7 heteroatoms. The van der Waals surface area contributed by atoms with Gasteiger partial charge in [0.15, 0.2) is 0 Å². The van der Waals surface area contributed by atoms with Crippen LogP contribution < -0.4 is 5.56 Å². The number of nitrogens with zero attached hydrogens (tertiary/aromatic N) is 2. The van der Waals surface area contributed by atoms with Crippen molar-refractivity contribution < 1.29 is 13.6 Å². The fraction of sp³-hybridized carbons (Fsp3) is 0.227. The molecule has 0 fully saturated rings. The van der Waals surface area contributed by atoms with E-state index in [1.807, 2.05) is 30.3 Å². The van der Waals surface area contributed by atoms with Gasteiger partial charge in [-0.1, -0.05) is 12.1 Å². The second-order valence-electron chi connectivity index (χ2n) is 6.79. The maximum Gasteiger partial charge on any atom is 0.258 e. The highest BCUT2D eigenvalue weighted by atomic mass is 16.3. The van der Waals surface area contributed by atoms with Crippen LogP contribution in [0, 0.1) is 0 Å². The number of hydrogen-bond donors (Lipinski definition) is 1. The Morgan fingerprint density at radius 3 is 2.31 bits per heavy atom. The van der Waals surface area contributed by atoms with Gasteiger partial charge in [0.25, 0.3) is 5.56 Å². The summed E-state index contributed by atoms with van der Waals surface area (Å²) in [6.07, 6.45) is 4.60. The number of para-hydroxylation sites is 1. The van der Waals surface area contributed by atoms with Crippen LogP contribution in [0.2, 0.25) is 0 Å². The molecule has 0 saturated heterocycles. The minimum atomic E-state index is -0.158. The molecule has 148 valence electrons. The first-order chi connectivity index (χ1) is 14.2. The second-order valence-corrected chi connectivity index (χ2v) is 6.79. The molecule has 0 unspecified atom stereocenters. The molecule has 4 rings (SSSR count). The summed E-state index contributed by atoms with van der Waals surface area (Å²) < 4.78 is 10.8. The molecule has 4 aromatic rings. The summed E-state index contributed by atoms with van der Waals surface area (Å²) in [6, 6.07) is 14.5. The number of aryl methyl sites for hydroxylation is 1. The largest absolute Gasteiger partial charge is 0.467 e. The van der Waals surface area contributed by atoms with Gasteiger partial charge < -0.3 is 18.7 Å². The Balaban J connectivity index is 1.40. The smallest absolute Gasteiger partial charge is 0.258 e. The van der Waals surface area contributed by atoms with Crippen LogP contribution in [0.25, 0.3) is 10.9 Å². The Hall–Kier alpha value is -3.61. The lowest BCUT2D eigenvalue weighted by atomic mass is 10.2. The monoisotopic (exact) mass is 391 g/mol. The van der Waals surface area contributed by atoms with E-state index in [1.54, 1.807) is 35.6 Å². The molecule has 0 saturated carbocycles. The van der Waals surface area contributed by atoms with Gasteiger partial charge in [-0.25, -0.2) is 4.98 Å². The van der Waals surface area contributed by atoms with E-state index < -0.39 is 0 Å². The zero-order valence-corrected chi connectivity index (χ0v) is 15.8. The third kappa shape index (κ3) is 4.63. The maximum atomic E-state index is 12.8. The number of H-pyrrole nitrogens is 1. The van der Waals surface area contributed by atoms with Gasteiger partial charge in [0.2, 0.25) is 5.91 Å². The lowest BCUT2D eigenvalue weighted by molar-refractivity contribution is -0.133. The molecule has 0 bridgehead atoms. The summed E-state index contributed by atoms with van der Waals surface area (Å²) >= 11 is 0. The maximum absolute atomic E-state index is 12.8. The SMILES string of the molecule is O=C(CCCc1nc2ccccc2c(=O)[nH]1)N(Cc1ccco1)Cc1ccco1. The van der Waals surface area contributed by atoms with E-state index in [0.29, 0.717) is 60.6 Å². The predicted molar refractivity (Wildman–Crippen MR) is 107 cm³/mol. The van der Waals surface area contributed by atoms with E-state index in [1.165, 1.54) is 0 Å². The molecule has 0 radical (unpaired) electrons. The number of carbonyl (C=O) groups excluding carboxylic acids is 1. The van der Waals surface area contributed by atoms with E-state index in [9.17, 15) is 9.59 Å². The van der Waals surface area contributed by atoms with Crippen LogP contribution in [-0.4, -0.2) is 20.8 Å². The first-order valence-corrected chi connectivity index (χ1v) is 9.49. The Kier molecular flexibility index (Phi) is 5.56. The molecule has 1 amide bonds. The minimum absolute atomic E-state index is 0.0130. The van der Waals surface area contributed by atoms with Gasteiger partial charge in [-0.15, -0.1) is 0 Å². The average Bonchev–Trinajstić information content (AvgIpc) is 3.42. The highest BCUT2D eigenvalue weighted by Crippen LogP contribution is 2.14. The van der Waals surface area contributed by atoms with Crippen molar-refractivity contribution in [1.82, 2.24) is 14.9 Å². The standard InChI is InChI=1S/C22H21N3O4/c26-21(25(14-16-6-4-12-28-16)15-17-7-5-13-29-17)11-3-10-20-23-19-9-2-1-8-18(19)22(27)24-20/h1-2,4-9,12-13H,3,10-11,14-15H2,(H,23,24,27). The summed E-state index contributed by atoms with van der Waals surface area (Å²) in [5, 5.41) is 0.565. The number of fused-ring (bicyclic) bond motifs is 1. The van der Waals surface area contributed by atoms with Crippen LogP contribution in [-0.2, 0) is 24.3 Å². The first-order valence-electron chi connectivity index (χ1n) is 9.49. The Morgan fingerprint density at radius 2 is 1.66 bits per heavy atom. The van der Waals surface area contributed by atoms with Crippen molar-refractivity contribution in [1.29, 1.82) is 0 Å². The zero-order chi connectivity index (χ0) is 20.1. The number of aromatic nitrogens is 2. The van der Waals surface area contributed by atoms with Gasteiger partial charge in [0.1, 0.15) is 17.3 Å². The second kappa shape index (κ2) is 8.60. The van der Waals surface area contributed by atoms with Crippen molar-refractivity contribution in [3.8, 4) is 0 Å². The van der Waals surface area contributed by atoms with Crippen LogP contribution in [0.15, 0.2) is 74.7 Å². The van der Waals surface area contributed by atoms with Gasteiger partial charge >= 0.3 is 0 Å². The number of rotatable bonds is 8. The van der Waals surface area contributed by atoms with Gasteiger partial charge in [0.05, 0.1) is 36.5 Å². The molecular weight excluding hydrogens is 370 g/mol. The van der Waals surface area contributed by atoms with Gasteiger partial charge in [-0.05, 0) is 42.8 Å². The van der Waals surface area contributed by atoms with Crippen LogP contribution in [0.5, 0.6) is 0 Å². The van der Waals surface area contributed by atoms with Crippen molar-refractivity contribution in [3.05, 3.63) is 88.8 Å². The summed E-state index contributed by atoms with van der Waals surface area (Å²) in [6.45, 7) is 0.745. The zero-order valence-electron chi connectivity index (χ0n) is 15.8. The number of nitrogens with one attached hydrogen (secondary N) is 1. The molecule has 0 aliphatic rings. The summed E-state index contributed by atoms with van der Waals surface area (Å²) in [7, 11) is 0. The predicted octanol–water partition coefficient (Wildman–Crippen LogP) is 3.66. The summed E-state index contributed by atoms with van der Waals surface area (Å²) in [5.41, 5.74) is 0.504. The van der Waals surface area contributed by atoms with E-state index in [0.717, 1.165) is 0 Å². The molecule has 1 N–H and O–H groups in total. The molecule has 0 aliphatic heterocycles. The Labute approximate surface area is 167 Å².